The smallest absolute Gasteiger partial charge is 0.331 e. The van der Waals surface area contributed by atoms with Crippen molar-refractivity contribution < 1.29 is 9.32 Å². The Morgan fingerprint density at radius 1 is 1.16 bits per heavy atom. The number of hydrogen-bond acceptors (Lipinski definition) is 6. The first-order valence-electron chi connectivity index (χ1n) is 10.4. The maximum atomic E-state index is 13.3. The minimum atomic E-state index is -0.574. The normalized spacial score (nSPS) is 13.5. The number of aromatic nitrogens is 4. The molecular weight excluding hydrogens is 398 g/mol. The topological polar surface area (TPSA) is 112 Å². The molecular formula is C22H25N5O4. The minimum absolute atomic E-state index is 0.150. The molecule has 0 bridgehead atoms. The minimum Gasteiger partial charge on any atom is -0.339 e. The van der Waals surface area contributed by atoms with E-state index < -0.39 is 23.7 Å². The molecule has 2 aromatic heterocycles. The van der Waals surface area contributed by atoms with Crippen molar-refractivity contribution in [1.82, 2.24) is 19.3 Å². The molecule has 0 aliphatic carbocycles. The van der Waals surface area contributed by atoms with Gasteiger partial charge in [-0.15, -0.1) is 0 Å². The molecule has 4 rings (SSSR count). The second-order valence-corrected chi connectivity index (χ2v) is 7.96. The lowest BCUT2D eigenvalue weighted by Gasteiger charge is -2.16. The molecule has 0 saturated carbocycles. The molecule has 9 heteroatoms. The molecule has 31 heavy (non-hydrogen) atoms. The highest BCUT2D eigenvalue weighted by Gasteiger charge is 2.25. The molecule has 1 amide bonds. The number of fused-ring (bicyclic) bond motifs is 1. The molecule has 0 fully saturated rings. The van der Waals surface area contributed by atoms with Crippen LogP contribution in [0.1, 0.15) is 42.0 Å². The van der Waals surface area contributed by atoms with Crippen molar-refractivity contribution in [3.63, 3.8) is 0 Å². The van der Waals surface area contributed by atoms with Crippen molar-refractivity contribution >= 4 is 11.6 Å². The van der Waals surface area contributed by atoms with Gasteiger partial charge in [-0.1, -0.05) is 23.7 Å². The zero-order valence-electron chi connectivity index (χ0n) is 17.9. The van der Waals surface area contributed by atoms with Gasteiger partial charge in [0.1, 0.15) is 12.1 Å². The summed E-state index contributed by atoms with van der Waals surface area (Å²) in [6, 6.07) is 5.71. The first-order valence-corrected chi connectivity index (χ1v) is 10.4. The van der Waals surface area contributed by atoms with Crippen molar-refractivity contribution in [1.29, 1.82) is 0 Å². The number of anilines is 1. The number of carbonyl (C=O) groups excluding carboxylic acids is 1. The van der Waals surface area contributed by atoms with E-state index in [1.54, 1.807) is 11.5 Å². The van der Waals surface area contributed by atoms with E-state index in [0.29, 0.717) is 30.2 Å². The molecule has 0 spiro atoms. The monoisotopic (exact) mass is 423 g/mol. The second-order valence-electron chi connectivity index (χ2n) is 7.96. The number of nitrogens with one attached hydrogen (secondary N) is 1. The number of aryl methyl sites for hydroxylation is 3. The maximum absolute atomic E-state index is 13.3. The fraction of sp³-hybridized carbons (Fsp3) is 0.409. The third-order valence-electron chi connectivity index (χ3n) is 5.55. The summed E-state index contributed by atoms with van der Waals surface area (Å²) in [7, 11) is 0. The van der Waals surface area contributed by atoms with Crippen molar-refractivity contribution in [2.45, 2.75) is 59.5 Å². The lowest BCUT2D eigenvalue weighted by molar-refractivity contribution is -0.116. The Morgan fingerprint density at radius 3 is 2.71 bits per heavy atom. The highest BCUT2D eigenvalue weighted by molar-refractivity contribution is 5.91. The molecule has 1 N–H and O–H groups in total. The van der Waals surface area contributed by atoms with Gasteiger partial charge in [-0.05, 0) is 50.3 Å². The molecule has 0 radical (unpaired) electrons. The van der Waals surface area contributed by atoms with Crippen LogP contribution < -0.4 is 16.6 Å². The Labute approximate surface area is 178 Å². The van der Waals surface area contributed by atoms with Crippen LogP contribution in [0.25, 0.3) is 11.4 Å². The standard InChI is InChI=1S/C22H25N5O4/c1-13-8-9-14(2)16(11-13)24-18(28)12-27-21(29)19(20-23-15(3)31-25-20)17-7-5-4-6-10-26(17)22(27)30/h8-9,11H,4-7,10,12H2,1-3H3,(H,24,28). The van der Waals surface area contributed by atoms with Gasteiger partial charge in [-0.25, -0.2) is 4.79 Å². The first kappa shape index (κ1) is 20.8. The van der Waals surface area contributed by atoms with Crippen LogP contribution >= 0.6 is 0 Å². The molecule has 1 aliphatic heterocycles. The van der Waals surface area contributed by atoms with Gasteiger partial charge < -0.3 is 9.84 Å². The molecule has 0 saturated heterocycles. The van der Waals surface area contributed by atoms with Crippen molar-refractivity contribution in [2.24, 2.45) is 0 Å². The number of benzene rings is 1. The van der Waals surface area contributed by atoms with E-state index in [1.165, 1.54) is 0 Å². The molecule has 1 aliphatic rings. The SMILES string of the molecule is Cc1ccc(C)c(NC(=O)Cn2c(=O)c(-c3noc(C)n3)c3n(c2=O)CCCCC3)c1. The molecule has 3 aromatic rings. The predicted molar refractivity (Wildman–Crippen MR) is 115 cm³/mol. The van der Waals surface area contributed by atoms with E-state index in [4.69, 9.17) is 4.52 Å². The maximum Gasteiger partial charge on any atom is 0.331 e. The third-order valence-corrected chi connectivity index (χ3v) is 5.55. The quantitative estimate of drug-likeness (QED) is 0.689. The fourth-order valence-corrected chi connectivity index (χ4v) is 3.94. The van der Waals surface area contributed by atoms with Crippen LogP contribution in [-0.2, 0) is 24.3 Å². The number of hydrogen-bond donors (Lipinski definition) is 1. The van der Waals surface area contributed by atoms with Crippen LogP contribution in [0, 0.1) is 20.8 Å². The van der Waals surface area contributed by atoms with E-state index in [1.807, 2.05) is 32.0 Å². The van der Waals surface area contributed by atoms with Crippen LogP contribution in [-0.4, -0.2) is 25.2 Å². The van der Waals surface area contributed by atoms with Crippen LogP contribution in [0.2, 0.25) is 0 Å². The summed E-state index contributed by atoms with van der Waals surface area (Å²) in [5.41, 5.74) is 2.34. The van der Waals surface area contributed by atoms with E-state index in [-0.39, 0.29) is 11.4 Å². The summed E-state index contributed by atoms with van der Waals surface area (Å²) < 4.78 is 7.63. The van der Waals surface area contributed by atoms with E-state index in [0.717, 1.165) is 35.0 Å². The lowest BCUT2D eigenvalue weighted by atomic mass is 10.1. The first-order chi connectivity index (χ1) is 14.8. The molecule has 162 valence electrons. The third kappa shape index (κ3) is 4.08. The summed E-state index contributed by atoms with van der Waals surface area (Å²) >= 11 is 0. The summed E-state index contributed by atoms with van der Waals surface area (Å²) in [4.78, 5) is 43.5. The van der Waals surface area contributed by atoms with Crippen molar-refractivity contribution in [3.05, 3.63) is 61.7 Å². The van der Waals surface area contributed by atoms with E-state index >= 15 is 0 Å². The lowest BCUT2D eigenvalue weighted by Crippen LogP contribution is -2.44. The average Bonchev–Trinajstić information content (AvgIpc) is 3.00. The van der Waals surface area contributed by atoms with Crippen LogP contribution in [0.3, 0.4) is 0 Å². The van der Waals surface area contributed by atoms with Gasteiger partial charge in [-0.3, -0.25) is 18.7 Å². The average molecular weight is 423 g/mol. The molecule has 1 aromatic carbocycles. The summed E-state index contributed by atoms with van der Waals surface area (Å²) in [6.45, 7) is 5.54. The van der Waals surface area contributed by atoms with Crippen LogP contribution in [0.4, 0.5) is 5.69 Å². The number of nitrogens with zero attached hydrogens (tertiary/aromatic N) is 4. The number of amides is 1. The Bertz CT molecular complexity index is 1270. The summed E-state index contributed by atoms with van der Waals surface area (Å²) in [5, 5.41) is 6.72. The Balaban J connectivity index is 1.78. The zero-order chi connectivity index (χ0) is 22.1. The van der Waals surface area contributed by atoms with Gasteiger partial charge in [0.25, 0.3) is 5.56 Å². The second kappa shape index (κ2) is 8.33. The highest BCUT2D eigenvalue weighted by Crippen LogP contribution is 2.21. The molecule has 9 nitrogen and oxygen atoms in total. The Morgan fingerprint density at radius 2 is 1.97 bits per heavy atom. The van der Waals surface area contributed by atoms with Gasteiger partial charge in [-0.2, -0.15) is 4.98 Å². The number of carbonyl (C=O) groups is 1. The van der Waals surface area contributed by atoms with Crippen LogP contribution in [0.5, 0.6) is 0 Å². The van der Waals surface area contributed by atoms with E-state index in [9.17, 15) is 14.4 Å². The summed E-state index contributed by atoms with van der Waals surface area (Å²) in [5.74, 6) is 0.0290. The van der Waals surface area contributed by atoms with E-state index in [2.05, 4.69) is 15.5 Å². The van der Waals surface area contributed by atoms with Gasteiger partial charge in [0, 0.05) is 24.8 Å². The Hall–Kier alpha value is -3.49. The van der Waals surface area contributed by atoms with Crippen molar-refractivity contribution in [3.8, 4) is 11.4 Å². The largest absolute Gasteiger partial charge is 0.339 e. The summed E-state index contributed by atoms with van der Waals surface area (Å²) in [6.07, 6.45) is 3.21. The van der Waals surface area contributed by atoms with Crippen LogP contribution in [0.15, 0.2) is 32.3 Å². The zero-order valence-corrected chi connectivity index (χ0v) is 17.9. The number of rotatable bonds is 4. The predicted octanol–water partition coefficient (Wildman–Crippen LogP) is 2.35. The van der Waals surface area contributed by atoms with Gasteiger partial charge in [0.15, 0.2) is 0 Å². The molecule has 3 heterocycles. The van der Waals surface area contributed by atoms with Gasteiger partial charge in [0.2, 0.25) is 17.6 Å². The molecule has 0 atom stereocenters. The van der Waals surface area contributed by atoms with Gasteiger partial charge >= 0.3 is 5.69 Å². The van der Waals surface area contributed by atoms with Crippen molar-refractivity contribution in [2.75, 3.05) is 5.32 Å². The fourth-order valence-electron chi connectivity index (χ4n) is 3.94. The highest BCUT2D eigenvalue weighted by atomic mass is 16.5. The van der Waals surface area contributed by atoms with Gasteiger partial charge in [0.05, 0.1) is 0 Å². The Kier molecular flexibility index (Phi) is 5.58. The molecule has 0 unspecified atom stereocenters.